The molecule has 5 rings (SSSR count). The van der Waals surface area contributed by atoms with Gasteiger partial charge in [0.25, 0.3) is 0 Å². The van der Waals surface area contributed by atoms with Gasteiger partial charge in [-0.15, -0.1) is 24.7 Å². The second-order valence-electron chi connectivity index (χ2n) is 10.9. The summed E-state index contributed by atoms with van der Waals surface area (Å²) in [6.45, 7) is 5.00. The molecule has 0 aliphatic carbocycles. The molecule has 0 saturated carbocycles. The van der Waals surface area contributed by atoms with Crippen LogP contribution in [0.15, 0.2) is 41.3 Å². The molecule has 0 N–H and O–H groups in total. The number of esters is 2. The van der Waals surface area contributed by atoms with Crippen LogP contribution >= 0.6 is 0 Å². The molecule has 3 heterocycles. The summed E-state index contributed by atoms with van der Waals surface area (Å²) in [7, 11) is 2.01. The maximum atomic E-state index is 15.6. The molecule has 1 fully saturated rings. The van der Waals surface area contributed by atoms with Crippen molar-refractivity contribution in [3.05, 3.63) is 63.7 Å². The van der Waals surface area contributed by atoms with Crippen molar-refractivity contribution in [2.75, 3.05) is 51.3 Å². The highest BCUT2D eigenvalue weighted by molar-refractivity contribution is 5.98. The Morgan fingerprint density at radius 3 is 2.42 bits per heavy atom. The normalized spacial score (nSPS) is 16.3. The van der Waals surface area contributed by atoms with E-state index in [4.69, 9.17) is 27.1 Å². The Balaban J connectivity index is 1.38. The van der Waals surface area contributed by atoms with E-state index >= 15 is 4.39 Å². The number of pyridine rings is 1. The largest absolute Gasteiger partial charge is 0.487 e. The molecule has 1 aromatic heterocycles. The Morgan fingerprint density at radius 2 is 1.77 bits per heavy atom. The SMILES string of the molecule is C#CCC(CC#C)COC(=O)c1ccc(OC(=O)c2cn3c4c(c(N5CCN(C)CC5)c(F)cc4c2=O)OCC3C)cc1. The molecule has 0 radical (unpaired) electrons. The molecule has 2 aliphatic rings. The van der Waals surface area contributed by atoms with E-state index in [0.717, 1.165) is 13.1 Å². The van der Waals surface area contributed by atoms with Gasteiger partial charge in [0.15, 0.2) is 11.6 Å². The number of hydrogen-bond donors (Lipinski definition) is 0. The number of rotatable bonds is 8. The average molecular weight is 586 g/mol. The summed E-state index contributed by atoms with van der Waals surface area (Å²) < 4.78 is 34.2. The predicted octanol–water partition coefficient (Wildman–Crippen LogP) is 3.88. The van der Waals surface area contributed by atoms with Gasteiger partial charge in [0, 0.05) is 51.1 Å². The van der Waals surface area contributed by atoms with Gasteiger partial charge >= 0.3 is 11.9 Å². The number of carbonyl (C=O) groups is 2. The van der Waals surface area contributed by atoms with Gasteiger partial charge in [0.2, 0.25) is 5.43 Å². The second kappa shape index (κ2) is 12.6. The Kier molecular flexibility index (Phi) is 8.70. The monoisotopic (exact) mass is 585 g/mol. The van der Waals surface area contributed by atoms with Crippen LogP contribution in [-0.4, -0.2) is 67.8 Å². The zero-order valence-electron chi connectivity index (χ0n) is 24.1. The first-order chi connectivity index (χ1) is 20.7. The molecule has 2 aliphatic heterocycles. The highest BCUT2D eigenvalue weighted by atomic mass is 19.1. The number of aromatic nitrogens is 1. The minimum Gasteiger partial charge on any atom is -0.487 e. The molecule has 0 amide bonds. The number of piperazine rings is 1. The van der Waals surface area contributed by atoms with Gasteiger partial charge in [-0.2, -0.15) is 0 Å². The number of carbonyl (C=O) groups excluding carboxylic acids is 2. The molecule has 222 valence electrons. The minimum absolute atomic E-state index is 0.0393. The molecule has 3 aromatic rings. The quantitative estimate of drug-likeness (QED) is 0.224. The molecule has 1 unspecified atom stereocenters. The maximum Gasteiger partial charge on any atom is 0.349 e. The van der Waals surface area contributed by atoms with Crippen LogP contribution in [0.25, 0.3) is 10.9 Å². The highest BCUT2D eigenvalue weighted by Gasteiger charge is 2.31. The number of nitrogens with zero attached hydrogens (tertiary/aromatic N) is 3. The summed E-state index contributed by atoms with van der Waals surface area (Å²) >= 11 is 0. The first kappa shape index (κ1) is 29.7. The molecule has 0 spiro atoms. The van der Waals surface area contributed by atoms with E-state index in [1.807, 2.05) is 18.9 Å². The van der Waals surface area contributed by atoms with Crippen LogP contribution in [0.1, 0.15) is 46.5 Å². The van der Waals surface area contributed by atoms with Crippen molar-refractivity contribution in [2.45, 2.75) is 25.8 Å². The van der Waals surface area contributed by atoms with Gasteiger partial charge in [-0.25, -0.2) is 14.0 Å². The van der Waals surface area contributed by atoms with Crippen molar-refractivity contribution in [3.63, 3.8) is 0 Å². The Labute approximate surface area is 249 Å². The van der Waals surface area contributed by atoms with Crippen LogP contribution in [0.2, 0.25) is 0 Å². The molecular formula is C33H32FN3O6. The first-order valence-corrected chi connectivity index (χ1v) is 14.1. The second-order valence-corrected chi connectivity index (χ2v) is 10.9. The number of terminal acetylenes is 2. The Bertz CT molecular complexity index is 1680. The van der Waals surface area contributed by atoms with Crippen molar-refractivity contribution in [1.29, 1.82) is 0 Å². The third-order valence-corrected chi connectivity index (χ3v) is 7.75. The zero-order chi connectivity index (χ0) is 30.7. The summed E-state index contributed by atoms with van der Waals surface area (Å²) in [5.74, 6) is 3.26. The van der Waals surface area contributed by atoms with E-state index in [-0.39, 0.29) is 47.4 Å². The van der Waals surface area contributed by atoms with E-state index in [1.54, 1.807) is 4.57 Å². The first-order valence-electron chi connectivity index (χ1n) is 14.1. The molecule has 10 heteroatoms. The zero-order valence-corrected chi connectivity index (χ0v) is 24.1. The smallest absolute Gasteiger partial charge is 0.349 e. The van der Waals surface area contributed by atoms with Crippen molar-refractivity contribution < 1.29 is 28.2 Å². The van der Waals surface area contributed by atoms with E-state index in [1.165, 1.54) is 36.5 Å². The van der Waals surface area contributed by atoms with Gasteiger partial charge in [0.1, 0.15) is 23.6 Å². The molecule has 1 atom stereocenters. The van der Waals surface area contributed by atoms with E-state index in [9.17, 15) is 14.4 Å². The summed E-state index contributed by atoms with van der Waals surface area (Å²) in [5, 5.41) is 0.0393. The number of benzene rings is 2. The Morgan fingerprint density at radius 1 is 1.09 bits per heavy atom. The summed E-state index contributed by atoms with van der Waals surface area (Å²) in [6.07, 6.45) is 12.9. The fraction of sp³-hybridized carbons (Fsp3) is 0.364. The van der Waals surface area contributed by atoms with E-state index < -0.39 is 23.2 Å². The highest BCUT2D eigenvalue weighted by Crippen LogP contribution is 2.42. The average Bonchev–Trinajstić information content (AvgIpc) is 2.99. The van der Waals surface area contributed by atoms with Crippen molar-refractivity contribution in [2.24, 2.45) is 5.92 Å². The summed E-state index contributed by atoms with van der Waals surface area (Å²) in [6, 6.07) is 6.70. The van der Waals surface area contributed by atoms with Crippen LogP contribution in [0.4, 0.5) is 10.1 Å². The molecule has 9 nitrogen and oxygen atoms in total. The van der Waals surface area contributed by atoms with Crippen LogP contribution in [0.5, 0.6) is 11.5 Å². The van der Waals surface area contributed by atoms with Crippen LogP contribution in [0, 0.1) is 36.4 Å². The lowest BCUT2D eigenvalue weighted by molar-refractivity contribution is 0.0444. The number of anilines is 1. The fourth-order valence-corrected chi connectivity index (χ4v) is 5.30. The van der Waals surface area contributed by atoms with Gasteiger partial charge in [0.05, 0.1) is 29.1 Å². The minimum atomic E-state index is -0.902. The van der Waals surface area contributed by atoms with Gasteiger partial charge in [-0.05, 0) is 44.3 Å². The van der Waals surface area contributed by atoms with E-state index in [0.29, 0.717) is 42.9 Å². The lowest BCUT2D eigenvalue weighted by Crippen LogP contribution is -2.45. The van der Waals surface area contributed by atoms with Crippen LogP contribution in [-0.2, 0) is 4.74 Å². The summed E-state index contributed by atoms with van der Waals surface area (Å²) in [5.41, 5.74) is 0.119. The molecule has 2 aromatic carbocycles. The summed E-state index contributed by atoms with van der Waals surface area (Å²) in [4.78, 5) is 43.3. The van der Waals surface area contributed by atoms with Crippen molar-refractivity contribution >= 4 is 28.5 Å². The topological polar surface area (TPSA) is 90.3 Å². The van der Waals surface area contributed by atoms with Gasteiger partial charge < -0.3 is 28.6 Å². The fourth-order valence-electron chi connectivity index (χ4n) is 5.30. The third-order valence-electron chi connectivity index (χ3n) is 7.75. The molecule has 43 heavy (non-hydrogen) atoms. The molecular weight excluding hydrogens is 553 g/mol. The van der Waals surface area contributed by atoms with Crippen LogP contribution in [0.3, 0.4) is 0 Å². The lowest BCUT2D eigenvalue weighted by atomic mass is 10.0. The van der Waals surface area contributed by atoms with Crippen molar-refractivity contribution in [3.8, 4) is 36.2 Å². The predicted molar refractivity (Wildman–Crippen MR) is 160 cm³/mol. The third kappa shape index (κ3) is 6.06. The maximum absolute atomic E-state index is 15.6. The van der Waals surface area contributed by atoms with Crippen LogP contribution < -0.4 is 19.8 Å². The number of likely N-dealkylation sites (N-methyl/N-ethyl adjacent to an activating group) is 1. The number of halogens is 1. The lowest BCUT2D eigenvalue weighted by Gasteiger charge is -2.37. The standard InChI is InChI=1S/C33H32FN3O6/c1-5-7-22(8-6-2)20-42-32(39)23-9-11-24(12-10-23)43-33(40)26-18-37-21(3)19-41-31-28(37)25(30(26)38)17-27(34)29(31)36-15-13-35(4)14-16-36/h1-2,9-12,17-18,21-22H,7-8,13-16,19-20H2,3-4H3. The molecule has 1 saturated heterocycles. The van der Waals surface area contributed by atoms with Gasteiger partial charge in [-0.1, -0.05) is 0 Å². The van der Waals surface area contributed by atoms with Gasteiger partial charge in [-0.3, -0.25) is 4.79 Å². The van der Waals surface area contributed by atoms with Crippen molar-refractivity contribution in [1.82, 2.24) is 9.47 Å². The Hall–Kier alpha value is -4.80. The molecule has 0 bridgehead atoms. The number of ether oxygens (including phenoxy) is 3. The number of hydrogen-bond acceptors (Lipinski definition) is 8. The van der Waals surface area contributed by atoms with E-state index in [2.05, 4.69) is 16.7 Å².